The van der Waals surface area contributed by atoms with Gasteiger partial charge in [0.25, 0.3) is 11.8 Å². The third kappa shape index (κ3) is 6.31. The maximum atomic E-state index is 12.8. The second kappa shape index (κ2) is 11.2. The number of hydrogen-bond donors (Lipinski definition) is 3. The van der Waals surface area contributed by atoms with Crippen LogP contribution in [-0.2, 0) is 9.59 Å². The van der Waals surface area contributed by atoms with Crippen LogP contribution >= 0.6 is 24.0 Å². The van der Waals surface area contributed by atoms with Crippen LogP contribution in [0.4, 0.5) is 0 Å². The number of rotatable bonds is 8. The zero-order valence-corrected chi connectivity index (χ0v) is 20.2. The molecule has 1 saturated heterocycles. The minimum atomic E-state index is -0.516. The van der Waals surface area contributed by atoms with Crippen molar-refractivity contribution in [2.75, 3.05) is 13.3 Å². The van der Waals surface area contributed by atoms with Crippen molar-refractivity contribution in [1.82, 2.24) is 15.8 Å². The number of nitrogens with one attached hydrogen (secondary N) is 2. The Hall–Kier alpha value is -3.57. The van der Waals surface area contributed by atoms with Gasteiger partial charge in [-0.2, -0.15) is 0 Å². The molecule has 2 aromatic rings. The molecule has 0 aliphatic carbocycles. The van der Waals surface area contributed by atoms with E-state index in [1.165, 1.54) is 36.0 Å². The summed E-state index contributed by atoms with van der Waals surface area (Å²) in [4.78, 5) is 38.9. The summed E-state index contributed by atoms with van der Waals surface area (Å²) in [5.41, 5.74) is 5.74. The lowest BCUT2D eigenvalue weighted by atomic mass is 10.1. The number of fused-ring (bicyclic) bond motifs is 1. The number of carbonyl (C=O) groups excluding carboxylic acids is 3. The zero-order chi connectivity index (χ0) is 24.8. The molecule has 182 valence electrons. The molecule has 3 N–H and O–H groups in total. The third-order valence-corrected chi connectivity index (χ3v) is 6.66. The smallest absolute Gasteiger partial charge is 0.269 e. The quantitative estimate of drug-likeness (QED) is 0.213. The van der Waals surface area contributed by atoms with E-state index in [1.807, 2.05) is 18.2 Å². The summed E-state index contributed by atoms with van der Waals surface area (Å²) < 4.78 is 11.2. The monoisotopic (exact) mass is 513 g/mol. The number of amides is 3. The number of unbranched alkanes of at least 4 members (excludes halogenated alkanes) is 2. The van der Waals surface area contributed by atoms with E-state index in [1.54, 1.807) is 11.0 Å². The summed E-state index contributed by atoms with van der Waals surface area (Å²) in [6.07, 6.45) is 4.01. The van der Waals surface area contributed by atoms with E-state index in [0.717, 1.165) is 5.56 Å². The molecule has 35 heavy (non-hydrogen) atoms. The Morgan fingerprint density at radius 3 is 2.74 bits per heavy atom. The van der Waals surface area contributed by atoms with Crippen LogP contribution in [0.2, 0.25) is 0 Å². The minimum Gasteiger partial charge on any atom is -0.508 e. The Bertz CT molecular complexity index is 1200. The van der Waals surface area contributed by atoms with Crippen LogP contribution < -0.4 is 20.3 Å². The topological polar surface area (TPSA) is 117 Å². The maximum Gasteiger partial charge on any atom is 0.269 e. The molecular weight excluding hydrogens is 490 g/mol. The number of hydrogen-bond acceptors (Lipinski definition) is 8. The Kier molecular flexibility index (Phi) is 7.88. The highest BCUT2D eigenvalue weighted by molar-refractivity contribution is 8.26. The van der Waals surface area contributed by atoms with E-state index in [2.05, 4.69) is 10.9 Å². The Balaban J connectivity index is 1.17. The lowest BCUT2D eigenvalue weighted by Gasteiger charge is -2.14. The second-order valence-electron chi connectivity index (χ2n) is 7.81. The van der Waals surface area contributed by atoms with Gasteiger partial charge in [-0.1, -0.05) is 42.5 Å². The van der Waals surface area contributed by atoms with Crippen LogP contribution in [0.1, 0.15) is 41.6 Å². The third-order valence-electron chi connectivity index (χ3n) is 5.28. The second-order valence-corrected chi connectivity index (χ2v) is 9.49. The van der Waals surface area contributed by atoms with Crippen LogP contribution in [0.3, 0.4) is 0 Å². The standard InChI is InChI=1S/C24H23N3O6S2/c28-17-6-4-5-16(13-17)22(30)26-25-21(29)7-2-1-3-10-27-23(31)20(35-24(27)34)12-15-8-9-18-19(11-15)33-14-32-18/h4-6,8-9,11-13,28H,1-3,7,10,14H2,(H,25,29)(H,26,30)/b20-12-. The molecule has 0 radical (unpaired) electrons. The van der Waals surface area contributed by atoms with Gasteiger partial charge in [0, 0.05) is 18.5 Å². The summed E-state index contributed by atoms with van der Waals surface area (Å²) in [6.45, 7) is 0.662. The maximum absolute atomic E-state index is 12.8. The van der Waals surface area contributed by atoms with Crippen molar-refractivity contribution in [3.05, 3.63) is 58.5 Å². The summed E-state index contributed by atoms with van der Waals surface area (Å²) in [6, 6.07) is 11.3. The molecule has 2 aliphatic heterocycles. The Morgan fingerprint density at radius 1 is 1.09 bits per heavy atom. The largest absolute Gasteiger partial charge is 0.508 e. The molecule has 2 aromatic carbocycles. The zero-order valence-electron chi connectivity index (χ0n) is 18.6. The predicted octanol–water partition coefficient (Wildman–Crippen LogP) is 3.34. The molecule has 0 bridgehead atoms. The van der Waals surface area contributed by atoms with Crippen molar-refractivity contribution in [1.29, 1.82) is 0 Å². The van der Waals surface area contributed by atoms with Gasteiger partial charge in [-0.05, 0) is 54.8 Å². The fourth-order valence-electron chi connectivity index (χ4n) is 3.49. The number of nitrogens with zero attached hydrogens (tertiary/aromatic N) is 1. The van der Waals surface area contributed by atoms with E-state index in [4.69, 9.17) is 21.7 Å². The molecule has 2 aliphatic rings. The number of hydrazine groups is 1. The average molecular weight is 514 g/mol. The lowest BCUT2D eigenvalue weighted by molar-refractivity contribution is -0.123. The van der Waals surface area contributed by atoms with Crippen LogP contribution in [0.5, 0.6) is 17.2 Å². The summed E-state index contributed by atoms with van der Waals surface area (Å²) >= 11 is 6.64. The van der Waals surface area contributed by atoms with Crippen LogP contribution in [0.15, 0.2) is 47.4 Å². The number of phenols is 1. The number of phenolic OH excluding ortho intramolecular Hbond substituents is 1. The highest BCUT2D eigenvalue weighted by atomic mass is 32.2. The minimum absolute atomic E-state index is 0.0334. The van der Waals surface area contributed by atoms with Gasteiger partial charge in [-0.3, -0.25) is 30.1 Å². The van der Waals surface area contributed by atoms with E-state index < -0.39 is 5.91 Å². The average Bonchev–Trinajstić information content (AvgIpc) is 3.41. The highest BCUT2D eigenvalue weighted by Crippen LogP contribution is 2.36. The molecule has 0 unspecified atom stereocenters. The number of thiocarbonyl (C=S) groups is 1. The molecule has 3 amide bonds. The molecule has 2 heterocycles. The van der Waals surface area contributed by atoms with Crippen LogP contribution in [-0.4, -0.2) is 45.4 Å². The molecule has 0 aromatic heterocycles. The van der Waals surface area contributed by atoms with Gasteiger partial charge >= 0.3 is 0 Å². The van der Waals surface area contributed by atoms with Gasteiger partial charge in [0.15, 0.2) is 11.5 Å². The SMILES string of the molecule is O=C(CCCCCN1C(=O)/C(=C/c2ccc3c(c2)OCO3)SC1=S)NNC(=O)c1cccc(O)c1. The molecule has 0 saturated carbocycles. The number of thioether (sulfide) groups is 1. The van der Waals surface area contributed by atoms with E-state index in [0.29, 0.717) is 46.5 Å². The molecular formula is C24H23N3O6S2. The van der Waals surface area contributed by atoms with Crippen LogP contribution in [0, 0.1) is 0 Å². The van der Waals surface area contributed by atoms with Gasteiger partial charge in [-0.25, -0.2) is 0 Å². The van der Waals surface area contributed by atoms with Crippen molar-refractivity contribution in [2.24, 2.45) is 0 Å². The molecule has 4 rings (SSSR count). The normalized spacial score (nSPS) is 15.5. The molecule has 0 spiro atoms. The summed E-state index contributed by atoms with van der Waals surface area (Å²) in [5, 5.41) is 9.42. The lowest BCUT2D eigenvalue weighted by Crippen LogP contribution is -2.41. The fourth-order valence-corrected chi connectivity index (χ4v) is 4.80. The fraction of sp³-hybridized carbons (Fsp3) is 0.250. The van der Waals surface area contributed by atoms with Crippen molar-refractivity contribution in [3.8, 4) is 17.2 Å². The Morgan fingerprint density at radius 2 is 1.91 bits per heavy atom. The predicted molar refractivity (Wildman–Crippen MR) is 135 cm³/mol. The first-order valence-electron chi connectivity index (χ1n) is 10.9. The molecule has 1 fully saturated rings. The van der Waals surface area contributed by atoms with Crippen molar-refractivity contribution >= 4 is 52.1 Å². The molecule has 11 heteroatoms. The number of ether oxygens (including phenoxy) is 2. The number of aromatic hydroxyl groups is 1. The Labute approximate surface area is 211 Å². The number of carbonyl (C=O) groups is 3. The molecule has 0 atom stereocenters. The first-order chi connectivity index (χ1) is 16.9. The molecule has 9 nitrogen and oxygen atoms in total. The van der Waals surface area contributed by atoms with Crippen molar-refractivity contribution < 1.29 is 29.0 Å². The van der Waals surface area contributed by atoms with Gasteiger partial charge < -0.3 is 14.6 Å². The van der Waals surface area contributed by atoms with Gasteiger partial charge in [0.1, 0.15) is 10.1 Å². The first-order valence-corrected chi connectivity index (χ1v) is 12.2. The number of benzene rings is 2. The summed E-state index contributed by atoms with van der Waals surface area (Å²) in [5.74, 6) is 0.326. The van der Waals surface area contributed by atoms with E-state index in [-0.39, 0.29) is 36.3 Å². The van der Waals surface area contributed by atoms with Crippen molar-refractivity contribution in [3.63, 3.8) is 0 Å². The van der Waals surface area contributed by atoms with E-state index >= 15 is 0 Å². The first kappa shape index (κ1) is 24.6. The van der Waals surface area contributed by atoms with Gasteiger partial charge in [-0.15, -0.1) is 0 Å². The van der Waals surface area contributed by atoms with Gasteiger partial charge in [0.05, 0.1) is 4.91 Å². The van der Waals surface area contributed by atoms with Crippen LogP contribution in [0.25, 0.3) is 6.08 Å². The van der Waals surface area contributed by atoms with Gasteiger partial charge in [0.2, 0.25) is 12.7 Å². The van der Waals surface area contributed by atoms with Crippen molar-refractivity contribution in [2.45, 2.75) is 25.7 Å². The van der Waals surface area contributed by atoms with E-state index in [9.17, 15) is 19.5 Å². The summed E-state index contributed by atoms with van der Waals surface area (Å²) in [7, 11) is 0. The highest BCUT2D eigenvalue weighted by Gasteiger charge is 2.31.